The number of carbonyl (C=O) groups is 3. The van der Waals surface area contributed by atoms with Crippen molar-refractivity contribution in [2.24, 2.45) is 5.92 Å². The molecule has 1 aliphatic carbocycles. The number of nitrogens with zero attached hydrogens (tertiary/aromatic N) is 2. The van der Waals surface area contributed by atoms with Gasteiger partial charge >= 0.3 is 5.97 Å². The molecule has 0 radical (unpaired) electrons. The Balaban J connectivity index is 1.47. The summed E-state index contributed by atoms with van der Waals surface area (Å²) in [4.78, 5) is 39.4. The van der Waals surface area contributed by atoms with Crippen LogP contribution in [0, 0.1) is 5.92 Å². The minimum Gasteiger partial charge on any atom is -0.478 e. The summed E-state index contributed by atoms with van der Waals surface area (Å²) in [5, 5.41) is 8.92. The van der Waals surface area contributed by atoms with Crippen molar-refractivity contribution in [2.45, 2.75) is 38.5 Å². The Labute approximate surface area is 153 Å². The molecule has 2 aliphatic rings. The second kappa shape index (κ2) is 8.34. The summed E-state index contributed by atoms with van der Waals surface area (Å²) in [6, 6.07) is 5.98. The van der Waals surface area contributed by atoms with Gasteiger partial charge in [0.2, 0.25) is 5.91 Å². The van der Waals surface area contributed by atoms with E-state index in [4.69, 9.17) is 5.11 Å². The fourth-order valence-electron chi connectivity index (χ4n) is 3.88. The summed E-state index contributed by atoms with van der Waals surface area (Å²) >= 11 is 0. The Kier molecular flexibility index (Phi) is 5.91. The van der Waals surface area contributed by atoms with Crippen LogP contribution in [0.1, 0.15) is 59.2 Å². The maximum absolute atomic E-state index is 12.5. The van der Waals surface area contributed by atoms with Gasteiger partial charge in [0, 0.05) is 38.2 Å². The van der Waals surface area contributed by atoms with Gasteiger partial charge in [-0.1, -0.05) is 25.7 Å². The Hall–Kier alpha value is -2.37. The maximum atomic E-state index is 12.5. The van der Waals surface area contributed by atoms with Gasteiger partial charge in [-0.05, 0) is 36.6 Å². The third-order valence-corrected chi connectivity index (χ3v) is 5.54. The second-order valence-electron chi connectivity index (χ2n) is 7.24. The van der Waals surface area contributed by atoms with Crippen molar-refractivity contribution in [3.05, 3.63) is 35.4 Å². The van der Waals surface area contributed by atoms with Gasteiger partial charge in [-0.2, -0.15) is 0 Å². The average molecular weight is 358 g/mol. The number of aromatic carboxylic acids is 1. The summed E-state index contributed by atoms with van der Waals surface area (Å²) in [5.41, 5.74) is 0.648. The van der Waals surface area contributed by atoms with Crippen LogP contribution in [0.25, 0.3) is 0 Å². The average Bonchev–Trinajstić information content (AvgIpc) is 3.19. The minimum atomic E-state index is -1.01. The van der Waals surface area contributed by atoms with Crippen LogP contribution in [0.4, 0.5) is 0 Å². The van der Waals surface area contributed by atoms with Gasteiger partial charge < -0.3 is 14.9 Å². The van der Waals surface area contributed by atoms with Gasteiger partial charge in [0.05, 0.1) is 5.56 Å². The van der Waals surface area contributed by atoms with Crippen molar-refractivity contribution >= 4 is 17.8 Å². The molecule has 1 N–H and O–H groups in total. The molecule has 0 aromatic heterocycles. The molecule has 1 aromatic carbocycles. The molecule has 3 rings (SSSR count). The van der Waals surface area contributed by atoms with Gasteiger partial charge in [-0.25, -0.2) is 4.79 Å². The molecular weight excluding hydrogens is 332 g/mol. The molecule has 1 aromatic rings. The number of hydrogen-bond acceptors (Lipinski definition) is 3. The molecule has 1 saturated carbocycles. The van der Waals surface area contributed by atoms with Crippen molar-refractivity contribution < 1.29 is 19.5 Å². The lowest BCUT2D eigenvalue weighted by molar-refractivity contribution is -0.133. The van der Waals surface area contributed by atoms with Crippen LogP contribution < -0.4 is 0 Å². The molecule has 1 saturated heterocycles. The Morgan fingerprint density at radius 1 is 0.885 bits per heavy atom. The van der Waals surface area contributed by atoms with E-state index in [2.05, 4.69) is 0 Å². The van der Waals surface area contributed by atoms with Crippen LogP contribution in [0.3, 0.4) is 0 Å². The molecule has 0 bridgehead atoms. The summed E-state index contributed by atoms with van der Waals surface area (Å²) in [5.74, 6) is -0.195. The van der Waals surface area contributed by atoms with Crippen molar-refractivity contribution in [1.82, 2.24) is 9.80 Å². The summed E-state index contributed by atoms with van der Waals surface area (Å²) in [7, 11) is 0. The van der Waals surface area contributed by atoms with Crippen LogP contribution in [0.15, 0.2) is 24.3 Å². The van der Waals surface area contributed by atoms with E-state index in [1.165, 1.54) is 37.8 Å². The SMILES string of the molecule is O=C(O)c1ccc(C(=O)N2CCN(C(=O)CCC3CCCC3)CC2)cc1. The molecule has 0 unspecified atom stereocenters. The largest absolute Gasteiger partial charge is 0.478 e. The van der Waals surface area contributed by atoms with Gasteiger partial charge in [0.1, 0.15) is 0 Å². The fraction of sp³-hybridized carbons (Fsp3) is 0.550. The highest BCUT2D eigenvalue weighted by molar-refractivity contribution is 5.96. The minimum absolute atomic E-state index is 0.111. The van der Waals surface area contributed by atoms with Crippen molar-refractivity contribution in [3.63, 3.8) is 0 Å². The van der Waals surface area contributed by atoms with Crippen LogP contribution >= 0.6 is 0 Å². The van der Waals surface area contributed by atoms with Crippen LogP contribution in [0.2, 0.25) is 0 Å². The zero-order chi connectivity index (χ0) is 18.5. The first-order valence-electron chi connectivity index (χ1n) is 9.45. The lowest BCUT2D eigenvalue weighted by atomic mass is 10.0. The molecular formula is C20H26N2O4. The molecule has 26 heavy (non-hydrogen) atoms. The smallest absolute Gasteiger partial charge is 0.335 e. The van der Waals surface area contributed by atoms with E-state index >= 15 is 0 Å². The summed E-state index contributed by atoms with van der Waals surface area (Å²) < 4.78 is 0. The highest BCUT2D eigenvalue weighted by Crippen LogP contribution is 2.28. The number of piperazine rings is 1. The Morgan fingerprint density at radius 3 is 2.00 bits per heavy atom. The van der Waals surface area contributed by atoms with Crippen LogP contribution in [-0.4, -0.2) is 58.9 Å². The molecule has 1 heterocycles. The fourth-order valence-corrected chi connectivity index (χ4v) is 3.88. The van der Waals surface area contributed by atoms with Gasteiger partial charge in [0.15, 0.2) is 0 Å². The zero-order valence-corrected chi connectivity index (χ0v) is 15.0. The first-order chi connectivity index (χ1) is 12.5. The van der Waals surface area contributed by atoms with E-state index in [0.29, 0.717) is 38.2 Å². The molecule has 0 spiro atoms. The number of benzene rings is 1. The second-order valence-corrected chi connectivity index (χ2v) is 7.24. The number of rotatable bonds is 5. The van der Waals surface area contributed by atoms with E-state index in [1.54, 1.807) is 17.0 Å². The van der Waals surface area contributed by atoms with Crippen molar-refractivity contribution in [2.75, 3.05) is 26.2 Å². The monoisotopic (exact) mass is 358 g/mol. The number of carboxylic acids is 1. The number of carbonyl (C=O) groups excluding carboxylic acids is 2. The number of hydrogen-bond donors (Lipinski definition) is 1. The molecule has 140 valence electrons. The predicted molar refractivity (Wildman–Crippen MR) is 97.1 cm³/mol. The third-order valence-electron chi connectivity index (χ3n) is 5.54. The van der Waals surface area contributed by atoms with E-state index in [9.17, 15) is 14.4 Å². The van der Waals surface area contributed by atoms with E-state index < -0.39 is 5.97 Å². The summed E-state index contributed by atoms with van der Waals surface area (Å²) in [6.45, 7) is 2.19. The van der Waals surface area contributed by atoms with E-state index in [1.807, 2.05) is 4.90 Å². The highest BCUT2D eigenvalue weighted by Gasteiger charge is 2.25. The predicted octanol–water partition coefficient (Wildman–Crippen LogP) is 2.64. The Bertz CT molecular complexity index is 657. The lowest BCUT2D eigenvalue weighted by Gasteiger charge is -2.35. The maximum Gasteiger partial charge on any atom is 0.335 e. The van der Waals surface area contributed by atoms with Gasteiger partial charge in [0.25, 0.3) is 5.91 Å². The zero-order valence-electron chi connectivity index (χ0n) is 15.0. The van der Waals surface area contributed by atoms with Crippen molar-refractivity contribution in [1.29, 1.82) is 0 Å². The molecule has 2 amide bonds. The Morgan fingerprint density at radius 2 is 1.42 bits per heavy atom. The van der Waals surface area contributed by atoms with Crippen LogP contribution in [-0.2, 0) is 4.79 Å². The highest BCUT2D eigenvalue weighted by atomic mass is 16.4. The molecule has 6 heteroatoms. The van der Waals surface area contributed by atoms with E-state index in [-0.39, 0.29) is 17.4 Å². The van der Waals surface area contributed by atoms with Gasteiger partial charge in [-0.15, -0.1) is 0 Å². The molecule has 0 atom stereocenters. The quantitative estimate of drug-likeness (QED) is 0.878. The molecule has 1 aliphatic heterocycles. The molecule has 2 fully saturated rings. The number of carboxylic acid groups (broad SMARTS) is 1. The van der Waals surface area contributed by atoms with Gasteiger partial charge in [-0.3, -0.25) is 9.59 Å². The number of amides is 2. The lowest BCUT2D eigenvalue weighted by Crippen LogP contribution is -2.50. The summed E-state index contributed by atoms with van der Waals surface area (Å²) in [6.07, 6.45) is 6.73. The van der Waals surface area contributed by atoms with E-state index in [0.717, 1.165) is 12.3 Å². The standard InChI is InChI=1S/C20H26N2O4/c23-18(10-5-15-3-1-2-4-15)21-11-13-22(14-12-21)19(24)16-6-8-17(9-7-16)20(25)26/h6-9,15H,1-5,10-14H2,(H,25,26). The molecule has 6 nitrogen and oxygen atoms in total. The third kappa shape index (κ3) is 4.42. The van der Waals surface area contributed by atoms with Crippen molar-refractivity contribution in [3.8, 4) is 0 Å². The topological polar surface area (TPSA) is 77.9 Å². The normalized spacial score (nSPS) is 18.2. The van der Waals surface area contributed by atoms with Crippen LogP contribution in [0.5, 0.6) is 0 Å². The first-order valence-corrected chi connectivity index (χ1v) is 9.45. The first kappa shape index (κ1) is 18.4.